The van der Waals surface area contributed by atoms with Crippen LogP contribution in [0.3, 0.4) is 0 Å². The molecule has 0 unspecified atom stereocenters. The van der Waals surface area contributed by atoms with Gasteiger partial charge in [-0.3, -0.25) is 0 Å². The number of anilines is 3. The van der Waals surface area contributed by atoms with Crippen LogP contribution >= 0.6 is 11.6 Å². The summed E-state index contributed by atoms with van der Waals surface area (Å²) in [5, 5.41) is 3.22. The molecule has 4 nitrogen and oxygen atoms in total. The number of aromatic nitrogens is 2. The van der Waals surface area contributed by atoms with E-state index in [1.165, 1.54) is 18.9 Å². The van der Waals surface area contributed by atoms with E-state index in [1.807, 2.05) is 6.07 Å². The first-order valence-electron chi connectivity index (χ1n) is 7.41. The topological polar surface area (TPSA) is 41.0 Å². The second kappa shape index (κ2) is 6.48. The summed E-state index contributed by atoms with van der Waals surface area (Å²) in [5.41, 5.74) is 0.698. The van der Waals surface area contributed by atoms with Gasteiger partial charge in [-0.2, -0.15) is 0 Å². The fraction of sp³-hybridized carbons (Fsp3) is 0.375. The maximum absolute atomic E-state index is 13.2. The Kier molecular flexibility index (Phi) is 4.43. The van der Waals surface area contributed by atoms with E-state index in [2.05, 4.69) is 27.1 Å². The van der Waals surface area contributed by atoms with Crippen LogP contribution in [0.25, 0.3) is 0 Å². The van der Waals surface area contributed by atoms with Crippen LogP contribution in [0.2, 0.25) is 5.02 Å². The smallest absolute Gasteiger partial charge is 0.141 e. The molecule has 22 heavy (non-hydrogen) atoms. The summed E-state index contributed by atoms with van der Waals surface area (Å²) in [6.45, 7) is 4.31. The first-order chi connectivity index (χ1) is 10.6. The first-order valence-corrected chi connectivity index (χ1v) is 7.78. The van der Waals surface area contributed by atoms with Crippen LogP contribution in [-0.2, 0) is 0 Å². The van der Waals surface area contributed by atoms with Gasteiger partial charge in [-0.05, 0) is 37.0 Å². The molecule has 1 aromatic heterocycles. The minimum absolute atomic E-state index is 0.0873. The summed E-state index contributed by atoms with van der Waals surface area (Å²) in [6.07, 6.45) is 3.90. The van der Waals surface area contributed by atoms with Gasteiger partial charge in [0.15, 0.2) is 0 Å². The van der Waals surface area contributed by atoms with Gasteiger partial charge >= 0.3 is 0 Å². The van der Waals surface area contributed by atoms with Crippen LogP contribution in [0.15, 0.2) is 30.6 Å². The highest BCUT2D eigenvalue weighted by molar-refractivity contribution is 6.31. The SMILES string of the molecule is CC1CCN(c2cc(Nc3ccc(F)c(Cl)c3)ncn2)CC1. The zero-order chi connectivity index (χ0) is 15.5. The van der Waals surface area contributed by atoms with Gasteiger partial charge in [0.2, 0.25) is 0 Å². The van der Waals surface area contributed by atoms with Crippen LogP contribution in [0, 0.1) is 11.7 Å². The molecule has 1 aliphatic heterocycles. The minimum Gasteiger partial charge on any atom is -0.356 e. The highest BCUT2D eigenvalue weighted by Gasteiger charge is 2.17. The molecule has 2 aromatic rings. The third kappa shape index (κ3) is 3.47. The van der Waals surface area contributed by atoms with Crippen molar-refractivity contribution in [3.63, 3.8) is 0 Å². The molecule has 1 aromatic carbocycles. The number of rotatable bonds is 3. The fourth-order valence-corrected chi connectivity index (χ4v) is 2.73. The van der Waals surface area contributed by atoms with Crippen molar-refractivity contribution in [2.24, 2.45) is 5.92 Å². The lowest BCUT2D eigenvalue weighted by Gasteiger charge is -2.31. The molecule has 0 bridgehead atoms. The van der Waals surface area contributed by atoms with E-state index in [4.69, 9.17) is 11.6 Å². The summed E-state index contributed by atoms with van der Waals surface area (Å²) in [5.74, 6) is 1.93. The number of hydrogen-bond donors (Lipinski definition) is 1. The predicted molar refractivity (Wildman–Crippen MR) is 87.3 cm³/mol. The number of halogens is 2. The Balaban J connectivity index is 1.74. The van der Waals surface area contributed by atoms with Crippen molar-refractivity contribution in [3.8, 4) is 0 Å². The second-order valence-corrected chi connectivity index (χ2v) is 6.09. The van der Waals surface area contributed by atoms with E-state index < -0.39 is 5.82 Å². The maximum atomic E-state index is 13.2. The average molecular weight is 321 g/mol. The highest BCUT2D eigenvalue weighted by Crippen LogP contribution is 2.25. The Morgan fingerprint density at radius 2 is 2.00 bits per heavy atom. The number of hydrogen-bond acceptors (Lipinski definition) is 4. The molecule has 2 heterocycles. The lowest BCUT2D eigenvalue weighted by Crippen LogP contribution is -2.33. The highest BCUT2D eigenvalue weighted by atomic mass is 35.5. The van der Waals surface area contributed by atoms with Gasteiger partial charge in [0.05, 0.1) is 5.02 Å². The molecule has 1 saturated heterocycles. The monoisotopic (exact) mass is 320 g/mol. The average Bonchev–Trinajstić information content (AvgIpc) is 2.52. The minimum atomic E-state index is -0.432. The van der Waals surface area contributed by atoms with E-state index in [9.17, 15) is 4.39 Å². The molecule has 1 fully saturated rings. The second-order valence-electron chi connectivity index (χ2n) is 5.68. The largest absolute Gasteiger partial charge is 0.356 e. The van der Waals surface area contributed by atoms with Crippen molar-refractivity contribution < 1.29 is 4.39 Å². The van der Waals surface area contributed by atoms with Crippen LogP contribution in [0.4, 0.5) is 21.7 Å². The predicted octanol–water partition coefficient (Wildman–Crippen LogP) is 4.25. The van der Waals surface area contributed by atoms with Gasteiger partial charge in [0.25, 0.3) is 0 Å². The zero-order valence-corrected chi connectivity index (χ0v) is 13.1. The lowest BCUT2D eigenvalue weighted by molar-refractivity contribution is 0.436. The molecular formula is C16H18ClFN4. The van der Waals surface area contributed by atoms with Crippen molar-refractivity contribution in [1.29, 1.82) is 0 Å². The first kappa shape index (κ1) is 15.0. The van der Waals surface area contributed by atoms with Crippen molar-refractivity contribution in [2.75, 3.05) is 23.3 Å². The summed E-state index contributed by atoms with van der Waals surface area (Å²) < 4.78 is 13.2. The number of piperidine rings is 1. The molecule has 6 heteroatoms. The molecule has 0 saturated carbocycles. The van der Waals surface area contributed by atoms with Gasteiger partial charge in [-0.15, -0.1) is 0 Å². The summed E-state index contributed by atoms with van der Waals surface area (Å²) in [7, 11) is 0. The third-order valence-corrected chi connectivity index (χ3v) is 4.24. The van der Waals surface area contributed by atoms with E-state index in [0.29, 0.717) is 11.5 Å². The van der Waals surface area contributed by atoms with Crippen LogP contribution in [0.1, 0.15) is 19.8 Å². The van der Waals surface area contributed by atoms with E-state index in [0.717, 1.165) is 24.8 Å². The van der Waals surface area contributed by atoms with Gasteiger partial charge in [0, 0.05) is 24.8 Å². The Labute approximate surface area is 134 Å². The summed E-state index contributed by atoms with van der Waals surface area (Å²) in [6, 6.07) is 6.42. The van der Waals surface area contributed by atoms with E-state index in [1.54, 1.807) is 18.5 Å². The Morgan fingerprint density at radius 1 is 1.23 bits per heavy atom. The quantitative estimate of drug-likeness (QED) is 0.918. The van der Waals surface area contributed by atoms with E-state index >= 15 is 0 Å². The normalized spacial score (nSPS) is 15.9. The van der Waals surface area contributed by atoms with Crippen molar-refractivity contribution in [1.82, 2.24) is 9.97 Å². The molecule has 0 atom stereocenters. The van der Waals surface area contributed by atoms with Gasteiger partial charge in [-0.1, -0.05) is 18.5 Å². The lowest BCUT2D eigenvalue weighted by atomic mass is 9.99. The van der Waals surface area contributed by atoms with Gasteiger partial charge < -0.3 is 10.2 Å². The molecule has 3 rings (SSSR count). The van der Waals surface area contributed by atoms with Crippen molar-refractivity contribution in [3.05, 3.63) is 41.4 Å². The number of nitrogens with one attached hydrogen (secondary N) is 1. The maximum Gasteiger partial charge on any atom is 0.141 e. The van der Waals surface area contributed by atoms with Crippen molar-refractivity contribution >= 4 is 28.9 Å². The third-order valence-electron chi connectivity index (χ3n) is 3.95. The molecule has 1 N–H and O–H groups in total. The molecule has 0 spiro atoms. The standard InChI is InChI=1S/C16H18ClFN4/c1-11-4-6-22(7-5-11)16-9-15(19-10-20-16)21-12-2-3-14(18)13(17)8-12/h2-3,8-11H,4-7H2,1H3,(H,19,20,21). The molecule has 116 valence electrons. The fourth-order valence-electron chi connectivity index (χ4n) is 2.55. The molecule has 0 amide bonds. The molecule has 0 aliphatic carbocycles. The Bertz CT molecular complexity index is 656. The van der Waals surface area contributed by atoms with E-state index in [-0.39, 0.29) is 5.02 Å². The Hall–Kier alpha value is -1.88. The molecule has 0 radical (unpaired) electrons. The number of nitrogens with zero attached hydrogens (tertiary/aromatic N) is 3. The van der Waals surface area contributed by atoms with Gasteiger partial charge in [0.1, 0.15) is 23.8 Å². The van der Waals surface area contributed by atoms with Gasteiger partial charge in [-0.25, -0.2) is 14.4 Å². The number of benzene rings is 1. The molecule has 1 aliphatic rings. The van der Waals surface area contributed by atoms with Crippen LogP contribution in [-0.4, -0.2) is 23.1 Å². The summed E-state index contributed by atoms with van der Waals surface area (Å²) >= 11 is 5.79. The van der Waals surface area contributed by atoms with Crippen molar-refractivity contribution in [2.45, 2.75) is 19.8 Å². The molecular weight excluding hydrogens is 303 g/mol. The Morgan fingerprint density at radius 3 is 2.73 bits per heavy atom. The van der Waals surface area contributed by atoms with Crippen LogP contribution in [0.5, 0.6) is 0 Å². The summed E-state index contributed by atoms with van der Waals surface area (Å²) in [4.78, 5) is 10.8. The zero-order valence-electron chi connectivity index (χ0n) is 12.4. The van der Waals surface area contributed by atoms with Crippen LogP contribution < -0.4 is 10.2 Å².